The lowest BCUT2D eigenvalue weighted by Crippen LogP contribution is -2.20. The van der Waals surface area contributed by atoms with E-state index in [2.05, 4.69) is 48.6 Å². The fourth-order valence-corrected chi connectivity index (χ4v) is 2.65. The smallest absolute Gasteiger partial charge is 0.0453 e. The Balaban J connectivity index is 1.67. The molecule has 0 heterocycles. The summed E-state index contributed by atoms with van der Waals surface area (Å²) in [6.07, 6.45) is 3.55. The van der Waals surface area contributed by atoms with Crippen LogP contribution in [0.1, 0.15) is 36.9 Å². The second kappa shape index (κ2) is 8.08. The summed E-state index contributed by atoms with van der Waals surface area (Å²) < 4.78 is 0. The highest BCUT2D eigenvalue weighted by molar-refractivity contribution is 6.31. The Labute approximate surface area is 127 Å². The zero-order valence-electron chi connectivity index (χ0n) is 12.0. The quantitative estimate of drug-likeness (QED) is 0.706. The Kier molecular flexibility index (Phi) is 6.10. The lowest BCUT2D eigenvalue weighted by molar-refractivity contribution is 0.546. The summed E-state index contributed by atoms with van der Waals surface area (Å²) in [6.45, 7) is 3.19. The summed E-state index contributed by atoms with van der Waals surface area (Å²) in [5, 5.41) is 4.39. The van der Waals surface area contributed by atoms with E-state index in [-0.39, 0.29) is 0 Å². The molecule has 0 aliphatic rings. The van der Waals surface area contributed by atoms with Gasteiger partial charge in [0.25, 0.3) is 0 Å². The molecular formula is C18H22ClN. The van der Waals surface area contributed by atoms with Crippen LogP contribution in [0.25, 0.3) is 0 Å². The minimum absolute atomic E-state index is 0.306. The molecule has 0 amide bonds. The highest BCUT2D eigenvalue weighted by Gasteiger charge is 2.07. The van der Waals surface area contributed by atoms with E-state index in [9.17, 15) is 0 Å². The van der Waals surface area contributed by atoms with Crippen LogP contribution in [0.2, 0.25) is 5.02 Å². The van der Waals surface area contributed by atoms with Crippen LogP contribution in [0.15, 0.2) is 54.6 Å². The fourth-order valence-electron chi connectivity index (χ4n) is 2.35. The summed E-state index contributed by atoms with van der Waals surface area (Å²) in [6, 6.07) is 19.0. The topological polar surface area (TPSA) is 12.0 Å². The molecule has 106 valence electrons. The third-order valence-corrected chi connectivity index (χ3v) is 3.90. The first-order valence-corrected chi connectivity index (χ1v) is 7.67. The van der Waals surface area contributed by atoms with Crippen LogP contribution in [0, 0.1) is 0 Å². The molecule has 0 saturated carbocycles. The highest BCUT2D eigenvalue weighted by Crippen LogP contribution is 2.21. The molecule has 1 N–H and O–H groups in total. The summed E-state index contributed by atoms with van der Waals surface area (Å²) >= 11 is 6.20. The Hall–Kier alpha value is -1.31. The van der Waals surface area contributed by atoms with Crippen molar-refractivity contribution in [3.8, 4) is 0 Å². The number of benzene rings is 2. The first-order valence-electron chi connectivity index (χ1n) is 7.29. The molecular weight excluding hydrogens is 266 g/mol. The Morgan fingerprint density at radius 2 is 1.65 bits per heavy atom. The third kappa shape index (κ3) is 4.66. The van der Waals surface area contributed by atoms with Crippen molar-refractivity contribution in [2.75, 3.05) is 6.54 Å². The van der Waals surface area contributed by atoms with Crippen molar-refractivity contribution in [3.05, 3.63) is 70.7 Å². The lowest BCUT2D eigenvalue weighted by Gasteiger charge is -2.15. The maximum atomic E-state index is 6.20. The van der Waals surface area contributed by atoms with Gasteiger partial charge in [-0.25, -0.2) is 0 Å². The molecule has 0 fully saturated rings. The number of aryl methyl sites for hydroxylation is 1. The minimum Gasteiger partial charge on any atom is -0.310 e. The van der Waals surface area contributed by atoms with Crippen molar-refractivity contribution in [2.45, 2.75) is 32.2 Å². The van der Waals surface area contributed by atoms with E-state index in [1.807, 2.05) is 18.2 Å². The molecule has 1 unspecified atom stereocenters. The van der Waals surface area contributed by atoms with Crippen molar-refractivity contribution in [2.24, 2.45) is 0 Å². The van der Waals surface area contributed by atoms with E-state index in [1.54, 1.807) is 0 Å². The van der Waals surface area contributed by atoms with E-state index in [4.69, 9.17) is 11.6 Å². The third-order valence-electron chi connectivity index (χ3n) is 3.56. The van der Waals surface area contributed by atoms with Gasteiger partial charge in [-0.3, -0.25) is 0 Å². The number of halogens is 1. The maximum absolute atomic E-state index is 6.20. The fraction of sp³-hybridized carbons (Fsp3) is 0.333. The van der Waals surface area contributed by atoms with Crippen LogP contribution in [0.4, 0.5) is 0 Å². The molecule has 0 radical (unpaired) electrons. The van der Waals surface area contributed by atoms with Crippen molar-refractivity contribution >= 4 is 11.6 Å². The van der Waals surface area contributed by atoms with Gasteiger partial charge in [0.2, 0.25) is 0 Å². The molecule has 0 aliphatic carbocycles. The molecule has 0 aromatic heterocycles. The standard InChI is InChI=1S/C18H22ClN/c1-15(17-12-5-6-13-18(17)19)20-14-8-7-11-16-9-3-2-4-10-16/h2-6,9-10,12-13,15,20H,7-8,11,14H2,1H3. The Morgan fingerprint density at radius 3 is 2.40 bits per heavy atom. The summed E-state index contributed by atoms with van der Waals surface area (Å²) in [5.74, 6) is 0. The maximum Gasteiger partial charge on any atom is 0.0453 e. The van der Waals surface area contributed by atoms with Gasteiger partial charge in [0.15, 0.2) is 0 Å². The van der Waals surface area contributed by atoms with Crippen LogP contribution in [0.3, 0.4) is 0 Å². The molecule has 0 aliphatic heterocycles. The average Bonchev–Trinajstić information content (AvgIpc) is 2.48. The molecule has 2 aromatic carbocycles. The summed E-state index contributed by atoms with van der Waals surface area (Å²) in [5.41, 5.74) is 2.60. The number of hydrogen-bond donors (Lipinski definition) is 1. The Morgan fingerprint density at radius 1 is 0.950 bits per heavy atom. The molecule has 1 atom stereocenters. The Bertz CT molecular complexity index is 510. The van der Waals surface area contributed by atoms with E-state index in [0.29, 0.717) is 6.04 Å². The van der Waals surface area contributed by atoms with Gasteiger partial charge < -0.3 is 5.32 Å². The van der Waals surface area contributed by atoms with Gasteiger partial charge in [0, 0.05) is 11.1 Å². The van der Waals surface area contributed by atoms with Crippen molar-refractivity contribution in [1.82, 2.24) is 5.32 Å². The van der Waals surface area contributed by atoms with Crippen LogP contribution in [-0.4, -0.2) is 6.54 Å². The van der Waals surface area contributed by atoms with Gasteiger partial charge in [-0.05, 0) is 49.9 Å². The van der Waals surface area contributed by atoms with Gasteiger partial charge in [-0.1, -0.05) is 60.1 Å². The van der Waals surface area contributed by atoms with Crippen molar-refractivity contribution in [1.29, 1.82) is 0 Å². The molecule has 0 spiro atoms. The van der Waals surface area contributed by atoms with E-state index in [1.165, 1.54) is 24.0 Å². The molecule has 1 nitrogen and oxygen atoms in total. The van der Waals surface area contributed by atoms with Gasteiger partial charge >= 0.3 is 0 Å². The largest absolute Gasteiger partial charge is 0.310 e. The van der Waals surface area contributed by atoms with Crippen molar-refractivity contribution in [3.63, 3.8) is 0 Å². The lowest BCUT2D eigenvalue weighted by atomic mass is 10.1. The molecule has 20 heavy (non-hydrogen) atoms. The van der Waals surface area contributed by atoms with E-state index in [0.717, 1.165) is 18.0 Å². The summed E-state index contributed by atoms with van der Waals surface area (Å²) in [4.78, 5) is 0. The highest BCUT2D eigenvalue weighted by atomic mass is 35.5. The number of unbranched alkanes of at least 4 members (excludes halogenated alkanes) is 1. The number of rotatable bonds is 7. The average molecular weight is 288 g/mol. The first kappa shape index (κ1) is 15.1. The molecule has 2 heteroatoms. The van der Waals surface area contributed by atoms with Crippen LogP contribution in [-0.2, 0) is 6.42 Å². The van der Waals surface area contributed by atoms with Crippen LogP contribution in [0.5, 0.6) is 0 Å². The van der Waals surface area contributed by atoms with Crippen LogP contribution < -0.4 is 5.32 Å². The monoisotopic (exact) mass is 287 g/mol. The second-order valence-corrected chi connectivity index (χ2v) is 5.55. The molecule has 2 rings (SSSR count). The normalized spacial score (nSPS) is 12.3. The number of hydrogen-bond acceptors (Lipinski definition) is 1. The SMILES string of the molecule is CC(NCCCCc1ccccc1)c1ccccc1Cl. The summed E-state index contributed by atoms with van der Waals surface area (Å²) in [7, 11) is 0. The van der Waals surface area contributed by atoms with Gasteiger partial charge in [0.1, 0.15) is 0 Å². The van der Waals surface area contributed by atoms with E-state index >= 15 is 0 Å². The molecule has 0 bridgehead atoms. The first-order chi connectivity index (χ1) is 9.77. The zero-order chi connectivity index (χ0) is 14.2. The zero-order valence-corrected chi connectivity index (χ0v) is 12.7. The second-order valence-electron chi connectivity index (χ2n) is 5.14. The van der Waals surface area contributed by atoms with E-state index < -0.39 is 0 Å². The van der Waals surface area contributed by atoms with Gasteiger partial charge in [-0.15, -0.1) is 0 Å². The molecule has 2 aromatic rings. The molecule has 0 saturated heterocycles. The van der Waals surface area contributed by atoms with Crippen molar-refractivity contribution < 1.29 is 0 Å². The predicted molar refractivity (Wildman–Crippen MR) is 87.2 cm³/mol. The van der Waals surface area contributed by atoms with Crippen LogP contribution >= 0.6 is 11.6 Å². The predicted octanol–water partition coefficient (Wildman–Crippen LogP) is 5.01. The number of nitrogens with one attached hydrogen (secondary N) is 1. The van der Waals surface area contributed by atoms with Gasteiger partial charge in [0.05, 0.1) is 0 Å². The minimum atomic E-state index is 0.306. The van der Waals surface area contributed by atoms with Gasteiger partial charge in [-0.2, -0.15) is 0 Å².